The summed E-state index contributed by atoms with van der Waals surface area (Å²) in [4.78, 5) is 3.95. The molecule has 0 saturated carbocycles. The molecule has 0 bridgehead atoms. The molecule has 0 atom stereocenters. The molecule has 0 radical (unpaired) electrons. The Morgan fingerprint density at radius 3 is 2.22 bits per heavy atom. The first-order chi connectivity index (χ1) is 8.93. The fraction of sp³-hybridized carbons (Fsp3) is 0.0714. The molecular weight excluding hydrogens is 230 g/mol. The predicted octanol–water partition coefficient (Wildman–Crippen LogP) is 3.24. The van der Waals surface area contributed by atoms with Crippen molar-refractivity contribution in [3.8, 4) is 11.5 Å². The lowest BCUT2D eigenvalue weighted by molar-refractivity contribution is 0.174. The van der Waals surface area contributed by atoms with E-state index in [0.29, 0.717) is 6.79 Å². The Hall–Kier alpha value is -2.49. The number of fused-ring (bicyclic) bond motifs is 2. The highest BCUT2D eigenvalue weighted by atomic mass is 16.7. The van der Waals surface area contributed by atoms with Gasteiger partial charge in [-0.25, -0.2) is 4.98 Å². The lowest BCUT2D eigenvalue weighted by atomic mass is 10.3. The second kappa shape index (κ2) is 4.79. The van der Waals surface area contributed by atoms with Gasteiger partial charge in [0.2, 0.25) is 6.79 Å². The average Bonchev–Trinajstić information content (AvgIpc) is 3.08. The Morgan fingerprint density at radius 1 is 0.833 bits per heavy atom. The molecule has 1 aliphatic rings. The second-order valence-electron chi connectivity index (χ2n) is 3.67. The molecule has 2 aromatic carbocycles. The molecule has 3 aromatic rings. The van der Waals surface area contributed by atoms with Crippen molar-refractivity contribution < 1.29 is 13.9 Å². The van der Waals surface area contributed by atoms with Crippen molar-refractivity contribution in [2.75, 3.05) is 6.79 Å². The number of aromatic nitrogens is 1. The first-order valence-corrected chi connectivity index (χ1v) is 5.56. The van der Waals surface area contributed by atoms with Gasteiger partial charge in [-0.3, -0.25) is 0 Å². The van der Waals surface area contributed by atoms with Crippen LogP contribution in [0.25, 0.3) is 11.1 Å². The summed E-state index contributed by atoms with van der Waals surface area (Å²) in [5.74, 6) is 1.69. The lowest BCUT2D eigenvalue weighted by Crippen LogP contribution is -1.92. The molecule has 4 heteroatoms. The zero-order chi connectivity index (χ0) is 12.2. The third kappa shape index (κ3) is 2.13. The average molecular weight is 241 g/mol. The highest BCUT2D eigenvalue weighted by molar-refractivity contribution is 5.71. The van der Waals surface area contributed by atoms with E-state index in [1.165, 1.54) is 6.39 Å². The highest BCUT2D eigenvalue weighted by Crippen LogP contribution is 2.30. The fourth-order valence-corrected chi connectivity index (χ4v) is 1.65. The van der Waals surface area contributed by atoms with E-state index in [9.17, 15) is 0 Å². The smallest absolute Gasteiger partial charge is 0.231 e. The summed E-state index contributed by atoms with van der Waals surface area (Å²) in [6.45, 7) is 0.360. The number of oxazole rings is 1. The van der Waals surface area contributed by atoms with Gasteiger partial charge >= 0.3 is 0 Å². The summed E-state index contributed by atoms with van der Waals surface area (Å²) in [5, 5.41) is 0. The van der Waals surface area contributed by atoms with Gasteiger partial charge < -0.3 is 13.9 Å². The van der Waals surface area contributed by atoms with Crippen molar-refractivity contribution in [3.63, 3.8) is 0 Å². The summed E-state index contributed by atoms with van der Waals surface area (Å²) in [6.07, 6.45) is 1.45. The van der Waals surface area contributed by atoms with Crippen LogP contribution in [0.3, 0.4) is 0 Å². The standard InChI is InChI=1S/C7H5NO.C7H6O2/c2*1-2-4-7-6(3-1)8-5-9-7/h1-5H;1-4H,5H2. The van der Waals surface area contributed by atoms with E-state index in [0.717, 1.165) is 22.6 Å². The third-order valence-electron chi connectivity index (χ3n) is 2.51. The Morgan fingerprint density at radius 2 is 1.50 bits per heavy atom. The monoisotopic (exact) mass is 241 g/mol. The summed E-state index contributed by atoms with van der Waals surface area (Å²) >= 11 is 0. The van der Waals surface area contributed by atoms with Gasteiger partial charge in [0.05, 0.1) is 0 Å². The van der Waals surface area contributed by atoms with Crippen LogP contribution in [-0.2, 0) is 0 Å². The lowest BCUT2D eigenvalue weighted by Gasteiger charge is -1.89. The van der Waals surface area contributed by atoms with Gasteiger partial charge in [-0.1, -0.05) is 24.3 Å². The molecule has 2 heterocycles. The molecule has 4 nitrogen and oxygen atoms in total. The highest BCUT2D eigenvalue weighted by Gasteiger charge is 2.09. The van der Waals surface area contributed by atoms with Crippen LogP contribution in [0.2, 0.25) is 0 Å². The van der Waals surface area contributed by atoms with Crippen LogP contribution in [0.5, 0.6) is 11.5 Å². The largest absolute Gasteiger partial charge is 0.454 e. The summed E-state index contributed by atoms with van der Waals surface area (Å²) < 4.78 is 15.2. The van der Waals surface area contributed by atoms with Crippen molar-refractivity contribution in [2.45, 2.75) is 0 Å². The summed E-state index contributed by atoms with van der Waals surface area (Å²) in [6, 6.07) is 15.3. The van der Waals surface area contributed by atoms with E-state index in [-0.39, 0.29) is 0 Å². The number of para-hydroxylation sites is 4. The maximum Gasteiger partial charge on any atom is 0.231 e. The number of rotatable bonds is 0. The van der Waals surface area contributed by atoms with Crippen LogP contribution in [0.4, 0.5) is 0 Å². The van der Waals surface area contributed by atoms with Gasteiger partial charge in [-0.15, -0.1) is 0 Å². The van der Waals surface area contributed by atoms with Crippen molar-refractivity contribution in [1.82, 2.24) is 4.98 Å². The first kappa shape index (κ1) is 10.7. The normalized spacial score (nSPS) is 12.0. The Bertz CT molecular complexity index is 595. The third-order valence-corrected chi connectivity index (χ3v) is 2.51. The molecule has 18 heavy (non-hydrogen) atoms. The van der Waals surface area contributed by atoms with Crippen LogP contribution in [0, 0.1) is 0 Å². The van der Waals surface area contributed by atoms with Gasteiger partial charge in [0.1, 0.15) is 5.52 Å². The zero-order valence-corrected chi connectivity index (χ0v) is 9.58. The molecule has 0 fully saturated rings. The minimum absolute atomic E-state index is 0.360. The van der Waals surface area contributed by atoms with E-state index >= 15 is 0 Å². The number of nitrogens with zero attached hydrogens (tertiary/aromatic N) is 1. The molecule has 90 valence electrons. The Kier molecular flexibility index (Phi) is 2.84. The van der Waals surface area contributed by atoms with Gasteiger partial charge in [0, 0.05) is 0 Å². The number of ether oxygens (including phenoxy) is 2. The van der Waals surface area contributed by atoms with Crippen LogP contribution >= 0.6 is 0 Å². The SMILES string of the molecule is c1ccc2c(c1)OCO2.c1ccc2ocnc2c1. The van der Waals surface area contributed by atoms with Crippen LogP contribution in [0.1, 0.15) is 0 Å². The molecule has 0 amide bonds. The van der Waals surface area contributed by atoms with Crippen molar-refractivity contribution in [1.29, 1.82) is 0 Å². The Balaban J connectivity index is 0.000000111. The molecule has 0 spiro atoms. The molecule has 0 saturated heterocycles. The zero-order valence-electron chi connectivity index (χ0n) is 9.58. The first-order valence-electron chi connectivity index (χ1n) is 5.56. The molecule has 1 aromatic heterocycles. The predicted molar refractivity (Wildman–Crippen MR) is 66.6 cm³/mol. The number of hydrogen-bond acceptors (Lipinski definition) is 4. The van der Waals surface area contributed by atoms with Gasteiger partial charge in [0.25, 0.3) is 0 Å². The van der Waals surface area contributed by atoms with Crippen LogP contribution < -0.4 is 9.47 Å². The van der Waals surface area contributed by atoms with E-state index < -0.39 is 0 Å². The van der Waals surface area contributed by atoms with E-state index in [2.05, 4.69) is 4.98 Å². The molecule has 0 aliphatic carbocycles. The maximum absolute atomic E-state index is 5.08. The fourth-order valence-electron chi connectivity index (χ4n) is 1.65. The van der Waals surface area contributed by atoms with Gasteiger partial charge in [-0.05, 0) is 24.3 Å². The minimum atomic E-state index is 0.360. The van der Waals surface area contributed by atoms with E-state index in [1.54, 1.807) is 0 Å². The summed E-state index contributed by atoms with van der Waals surface area (Å²) in [7, 11) is 0. The second-order valence-corrected chi connectivity index (χ2v) is 3.67. The Labute approximate surface area is 104 Å². The topological polar surface area (TPSA) is 44.5 Å². The maximum atomic E-state index is 5.08. The quantitative estimate of drug-likeness (QED) is 0.606. The number of benzene rings is 2. The van der Waals surface area contributed by atoms with Gasteiger partial charge in [0.15, 0.2) is 23.5 Å². The summed E-state index contributed by atoms with van der Waals surface area (Å²) in [5.41, 5.74) is 1.76. The minimum Gasteiger partial charge on any atom is -0.454 e. The van der Waals surface area contributed by atoms with E-state index in [4.69, 9.17) is 13.9 Å². The van der Waals surface area contributed by atoms with Crippen LogP contribution in [0.15, 0.2) is 59.3 Å². The molecule has 0 N–H and O–H groups in total. The number of hydrogen-bond donors (Lipinski definition) is 0. The van der Waals surface area contributed by atoms with Crippen molar-refractivity contribution in [2.24, 2.45) is 0 Å². The van der Waals surface area contributed by atoms with E-state index in [1.807, 2.05) is 48.5 Å². The molecule has 0 unspecified atom stereocenters. The molecular formula is C14H11NO3. The van der Waals surface area contributed by atoms with Crippen LogP contribution in [-0.4, -0.2) is 11.8 Å². The molecule has 1 aliphatic heterocycles. The van der Waals surface area contributed by atoms with Gasteiger partial charge in [-0.2, -0.15) is 0 Å². The van der Waals surface area contributed by atoms with Crippen molar-refractivity contribution >= 4 is 11.1 Å². The molecule has 4 rings (SSSR count). The van der Waals surface area contributed by atoms with Crippen molar-refractivity contribution in [3.05, 3.63) is 54.9 Å².